The van der Waals surface area contributed by atoms with E-state index in [1.54, 1.807) is 0 Å². The Balaban J connectivity index is 2.79. The summed E-state index contributed by atoms with van der Waals surface area (Å²) in [5.41, 5.74) is 2.47. The van der Waals surface area contributed by atoms with Crippen LogP contribution in [0.2, 0.25) is 0 Å². The zero-order valence-corrected chi connectivity index (χ0v) is 6.97. The van der Waals surface area contributed by atoms with E-state index in [4.69, 9.17) is 0 Å². The first-order chi connectivity index (χ1) is 5.38. The molecular weight excluding hydrogens is 134 g/mol. The van der Waals surface area contributed by atoms with Crippen molar-refractivity contribution in [3.05, 3.63) is 23.9 Å². The molecule has 0 atom stereocenters. The third-order valence-corrected chi connectivity index (χ3v) is 2.17. The Morgan fingerprint density at radius 2 is 1.91 bits per heavy atom. The molecule has 1 nitrogen and oxygen atoms in total. The van der Waals surface area contributed by atoms with Crippen LogP contribution in [0.4, 0.5) is 0 Å². The summed E-state index contributed by atoms with van der Waals surface area (Å²) in [6.45, 7) is 7.35. The highest BCUT2D eigenvalue weighted by molar-refractivity contribution is 5.34. The van der Waals surface area contributed by atoms with Gasteiger partial charge in [0.05, 0.1) is 0 Å². The van der Waals surface area contributed by atoms with Crippen molar-refractivity contribution in [2.45, 2.75) is 32.1 Å². The lowest BCUT2D eigenvalue weighted by Gasteiger charge is -2.01. The zero-order chi connectivity index (χ0) is 8.10. The van der Waals surface area contributed by atoms with Gasteiger partial charge in [-0.3, -0.25) is 4.99 Å². The number of hydrogen-bond donors (Lipinski definition) is 0. The van der Waals surface area contributed by atoms with E-state index in [2.05, 4.69) is 18.3 Å². The zero-order valence-electron chi connectivity index (χ0n) is 6.97. The molecule has 0 fully saturated rings. The maximum atomic E-state index is 4.02. The van der Waals surface area contributed by atoms with Crippen LogP contribution in [0.5, 0.6) is 0 Å². The van der Waals surface area contributed by atoms with Gasteiger partial charge in [0.15, 0.2) is 0 Å². The number of allylic oxidation sites excluding steroid dienone is 3. The Labute approximate surface area is 68.5 Å². The van der Waals surface area contributed by atoms with E-state index >= 15 is 0 Å². The van der Waals surface area contributed by atoms with Gasteiger partial charge >= 0.3 is 0 Å². The van der Waals surface area contributed by atoms with E-state index in [1.165, 1.54) is 24.8 Å². The molecule has 0 aliphatic heterocycles. The molecule has 0 unspecified atom stereocenters. The Kier molecular flexibility index (Phi) is 3.09. The quantitative estimate of drug-likeness (QED) is 0.535. The summed E-state index contributed by atoms with van der Waals surface area (Å²) in [7, 11) is 0. The van der Waals surface area contributed by atoms with Gasteiger partial charge in [0.2, 0.25) is 0 Å². The summed E-state index contributed by atoms with van der Waals surface area (Å²) in [5.74, 6) is 0. The third-order valence-electron chi connectivity index (χ3n) is 2.17. The molecule has 0 saturated carbocycles. The maximum absolute atomic E-state index is 4.02. The van der Waals surface area contributed by atoms with E-state index in [9.17, 15) is 0 Å². The van der Waals surface area contributed by atoms with E-state index in [1.807, 2.05) is 6.08 Å². The fraction of sp³-hybridized carbons (Fsp3) is 0.500. The molecule has 0 aromatic rings. The summed E-state index contributed by atoms with van der Waals surface area (Å²) in [6.07, 6.45) is 8.00. The fourth-order valence-electron chi connectivity index (χ4n) is 1.49. The van der Waals surface area contributed by atoms with Crippen molar-refractivity contribution in [2.75, 3.05) is 0 Å². The molecule has 0 amide bonds. The first kappa shape index (κ1) is 8.25. The van der Waals surface area contributed by atoms with Gasteiger partial charge in [-0.15, -0.1) is 0 Å². The number of rotatable bonds is 2. The van der Waals surface area contributed by atoms with Crippen molar-refractivity contribution in [3.8, 4) is 0 Å². The predicted octanol–water partition coefficient (Wildman–Crippen LogP) is 3.09. The van der Waals surface area contributed by atoms with Gasteiger partial charge in [0, 0.05) is 5.70 Å². The SMILES string of the molecule is C=CC1=C(N=C)CCCCC1. The standard InChI is InChI=1S/C10H15N/c1-3-9-7-5-4-6-8-10(9)11-2/h3H,1-2,4-8H2. The van der Waals surface area contributed by atoms with E-state index < -0.39 is 0 Å². The van der Waals surface area contributed by atoms with Crippen LogP contribution in [0.1, 0.15) is 32.1 Å². The molecule has 0 saturated heterocycles. The van der Waals surface area contributed by atoms with E-state index in [0.29, 0.717) is 0 Å². The molecule has 0 aromatic heterocycles. The minimum atomic E-state index is 1.09. The molecule has 11 heavy (non-hydrogen) atoms. The highest BCUT2D eigenvalue weighted by Gasteiger charge is 2.06. The lowest BCUT2D eigenvalue weighted by molar-refractivity contribution is 0.707. The van der Waals surface area contributed by atoms with E-state index in [0.717, 1.165) is 18.5 Å². The van der Waals surface area contributed by atoms with Crippen LogP contribution in [0.25, 0.3) is 0 Å². The molecule has 60 valence electrons. The topological polar surface area (TPSA) is 12.4 Å². The molecule has 0 N–H and O–H groups in total. The molecule has 0 bridgehead atoms. The van der Waals surface area contributed by atoms with Gasteiger partial charge in [0.1, 0.15) is 0 Å². The molecule has 0 heterocycles. The lowest BCUT2D eigenvalue weighted by atomic mass is 10.1. The number of hydrogen-bond acceptors (Lipinski definition) is 1. The summed E-state index contributed by atoms with van der Waals surface area (Å²) >= 11 is 0. The Morgan fingerprint density at radius 1 is 1.18 bits per heavy atom. The largest absolute Gasteiger partial charge is 0.269 e. The second-order valence-electron chi connectivity index (χ2n) is 2.89. The molecule has 1 rings (SSSR count). The maximum Gasteiger partial charge on any atom is 0.0428 e. The lowest BCUT2D eigenvalue weighted by Crippen LogP contribution is -1.82. The van der Waals surface area contributed by atoms with Gasteiger partial charge < -0.3 is 0 Å². The Bertz CT molecular complexity index is 169. The summed E-state index contributed by atoms with van der Waals surface area (Å²) < 4.78 is 0. The predicted molar refractivity (Wildman–Crippen MR) is 49.9 cm³/mol. The van der Waals surface area contributed by atoms with Crippen LogP contribution < -0.4 is 0 Å². The Morgan fingerprint density at radius 3 is 2.55 bits per heavy atom. The summed E-state index contributed by atoms with van der Waals surface area (Å²) in [4.78, 5) is 4.02. The molecule has 1 aliphatic rings. The van der Waals surface area contributed by atoms with Crippen molar-refractivity contribution in [3.63, 3.8) is 0 Å². The normalized spacial score (nSPS) is 19.3. The fourth-order valence-corrected chi connectivity index (χ4v) is 1.49. The Hall–Kier alpha value is -0.850. The second kappa shape index (κ2) is 4.12. The van der Waals surface area contributed by atoms with Crippen molar-refractivity contribution < 1.29 is 0 Å². The van der Waals surface area contributed by atoms with E-state index in [-0.39, 0.29) is 0 Å². The van der Waals surface area contributed by atoms with Crippen LogP contribution in [-0.4, -0.2) is 6.72 Å². The van der Waals surface area contributed by atoms with Crippen LogP contribution >= 0.6 is 0 Å². The molecule has 0 spiro atoms. The molecule has 0 aromatic carbocycles. The first-order valence-corrected chi connectivity index (χ1v) is 4.19. The first-order valence-electron chi connectivity index (χ1n) is 4.19. The number of aliphatic imine (C=N–C) groups is 1. The van der Waals surface area contributed by atoms with Crippen LogP contribution in [0, 0.1) is 0 Å². The molecular formula is C10H15N. The van der Waals surface area contributed by atoms with Crippen molar-refractivity contribution >= 4 is 6.72 Å². The van der Waals surface area contributed by atoms with Gasteiger partial charge in [-0.1, -0.05) is 19.1 Å². The van der Waals surface area contributed by atoms with Gasteiger partial charge in [0.25, 0.3) is 0 Å². The minimum Gasteiger partial charge on any atom is -0.269 e. The molecule has 1 aliphatic carbocycles. The smallest absolute Gasteiger partial charge is 0.0428 e. The summed E-state index contributed by atoms with van der Waals surface area (Å²) in [6, 6.07) is 0. The van der Waals surface area contributed by atoms with Crippen LogP contribution in [-0.2, 0) is 0 Å². The van der Waals surface area contributed by atoms with Gasteiger partial charge in [-0.2, -0.15) is 0 Å². The number of nitrogens with zero attached hydrogens (tertiary/aromatic N) is 1. The second-order valence-corrected chi connectivity index (χ2v) is 2.89. The molecule has 1 heteroatoms. The van der Waals surface area contributed by atoms with Crippen molar-refractivity contribution in [1.82, 2.24) is 0 Å². The van der Waals surface area contributed by atoms with Crippen molar-refractivity contribution in [1.29, 1.82) is 0 Å². The van der Waals surface area contributed by atoms with Crippen molar-refractivity contribution in [2.24, 2.45) is 4.99 Å². The average Bonchev–Trinajstić information content (AvgIpc) is 2.27. The minimum absolute atomic E-state index is 1.09. The highest BCUT2D eigenvalue weighted by Crippen LogP contribution is 2.24. The molecule has 0 radical (unpaired) electrons. The van der Waals surface area contributed by atoms with Gasteiger partial charge in [-0.05, 0) is 38.0 Å². The summed E-state index contributed by atoms with van der Waals surface area (Å²) in [5, 5.41) is 0. The highest BCUT2D eigenvalue weighted by atomic mass is 14.7. The third kappa shape index (κ3) is 2.04. The van der Waals surface area contributed by atoms with Crippen LogP contribution in [0.3, 0.4) is 0 Å². The average molecular weight is 149 g/mol. The van der Waals surface area contributed by atoms with Crippen LogP contribution in [0.15, 0.2) is 28.9 Å². The van der Waals surface area contributed by atoms with Gasteiger partial charge in [-0.25, -0.2) is 0 Å². The monoisotopic (exact) mass is 149 g/mol.